The third-order valence-electron chi connectivity index (χ3n) is 3.57. The lowest BCUT2D eigenvalue weighted by molar-refractivity contribution is 0.0734. The fourth-order valence-corrected chi connectivity index (χ4v) is 2.07. The average Bonchev–Trinajstić information content (AvgIpc) is 2.43. The third-order valence-corrected chi connectivity index (χ3v) is 3.57. The van der Waals surface area contributed by atoms with Crippen LogP contribution in [-0.4, -0.2) is 19.0 Å². The van der Waals surface area contributed by atoms with Crippen molar-refractivity contribution in [3.63, 3.8) is 0 Å². The number of benzene rings is 1. The molecule has 2 heteroatoms. The molecule has 2 nitrogen and oxygen atoms in total. The van der Waals surface area contributed by atoms with E-state index in [1.165, 1.54) is 12.0 Å². The summed E-state index contributed by atoms with van der Waals surface area (Å²) >= 11 is 0. The van der Waals surface area contributed by atoms with Gasteiger partial charge in [-0.25, -0.2) is 0 Å². The van der Waals surface area contributed by atoms with Crippen molar-refractivity contribution in [2.45, 2.75) is 47.0 Å². The van der Waals surface area contributed by atoms with Crippen LogP contribution in [-0.2, 0) is 4.74 Å². The van der Waals surface area contributed by atoms with Gasteiger partial charge in [0.25, 0.3) is 0 Å². The van der Waals surface area contributed by atoms with Gasteiger partial charge in [0.1, 0.15) is 6.61 Å². The molecular weight excluding hydrogens is 260 g/mol. The number of Topliss-reactive ketones (excluding diaryl/α,β-unsaturated/α-hetero) is 1. The molecule has 0 aliphatic heterocycles. The zero-order valence-electron chi connectivity index (χ0n) is 13.8. The van der Waals surface area contributed by atoms with Gasteiger partial charge in [0, 0.05) is 12.2 Å². The Labute approximate surface area is 129 Å². The van der Waals surface area contributed by atoms with Crippen LogP contribution in [0.3, 0.4) is 0 Å². The molecule has 0 bridgehead atoms. The molecule has 0 fully saturated rings. The number of hydrogen-bond donors (Lipinski definition) is 0. The number of aryl methyl sites for hydroxylation is 1. The second-order valence-electron chi connectivity index (χ2n) is 6.09. The molecule has 0 aliphatic rings. The standard InChI is InChI=1S/C19H28O2/c1-15(2)6-5-7-16(3)12-13-21-14-19(20)18-10-8-17(4)9-11-18/h6,8-11,16H,5,7,12-14H2,1-4H3/t16-/m0/s1. The molecule has 0 spiro atoms. The van der Waals surface area contributed by atoms with E-state index >= 15 is 0 Å². The number of ether oxygens (including phenoxy) is 1. The van der Waals surface area contributed by atoms with E-state index in [1.54, 1.807) is 0 Å². The summed E-state index contributed by atoms with van der Waals surface area (Å²) in [5, 5.41) is 0. The summed E-state index contributed by atoms with van der Waals surface area (Å²) in [5.74, 6) is 0.697. The highest BCUT2D eigenvalue weighted by Crippen LogP contribution is 2.12. The molecule has 0 aliphatic carbocycles. The molecule has 0 saturated heterocycles. The van der Waals surface area contributed by atoms with E-state index in [-0.39, 0.29) is 12.4 Å². The maximum Gasteiger partial charge on any atom is 0.188 e. The molecule has 0 heterocycles. The van der Waals surface area contributed by atoms with Gasteiger partial charge < -0.3 is 4.74 Å². The zero-order valence-corrected chi connectivity index (χ0v) is 13.8. The van der Waals surface area contributed by atoms with Gasteiger partial charge in [0.05, 0.1) is 0 Å². The third kappa shape index (κ3) is 7.81. The first kappa shape index (κ1) is 17.6. The van der Waals surface area contributed by atoms with Crippen LogP contribution in [0.4, 0.5) is 0 Å². The molecular formula is C19H28O2. The van der Waals surface area contributed by atoms with E-state index < -0.39 is 0 Å². The number of carbonyl (C=O) groups excluding carboxylic acids is 1. The highest BCUT2D eigenvalue weighted by Gasteiger charge is 2.06. The van der Waals surface area contributed by atoms with Gasteiger partial charge in [-0.2, -0.15) is 0 Å². The topological polar surface area (TPSA) is 26.3 Å². The van der Waals surface area contributed by atoms with Crippen LogP contribution in [0.2, 0.25) is 0 Å². The van der Waals surface area contributed by atoms with Crippen LogP contribution in [0.5, 0.6) is 0 Å². The van der Waals surface area contributed by atoms with Crippen molar-refractivity contribution in [3.8, 4) is 0 Å². The van der Waals surface area contributed by atoms with Crippen molar-refractivity contribution in [3.05, 3.63) is 47.0 Å². The van der Waals surface area contributed by atoms with E-state index in [0.29, 0.717) is 12.5 Å². The Morgan fingerprint density at radius 2 is 1.86 bits per heavy atom. The monoisotopic (exact) mass is 288 g/mol. The fraction of sp³-hybridized carbons (Fsp3) is 0.526. The normalized spacial score (nSPS) is 12.0. The Hall–Kier alpha value is -1.41. The molecule has 1 rings (SSSR count). The van der Waals surface area contributed by atoms with E-state index in [9.17, 15) is 4.79 Å². The van der Waals surface area contributed by atoms with Gasteiger partial charge in [0.2, 0.25) is 0 Å². The average molecular weight is 288 g/mol. The Bertz CT molecular complexity index is 453. The second kappa shape index (κ2) is 9.51. The smallest absolute Gasteiger partial charge is 0.188 e. The van der Waals surface area contributed by atoms with Gasteiger partial charge in [0.15, 0.2) is 5.78 Å². The minimum Gasteiger partial charge on any atom is -0.373 e. The summed E-state index contributed by atoms with van der Waals surface area (Å²) < 4.78 is 5.51. The molecule has 0 amide bonds. The van der Waals surface area contributed by atoms with E-state index in [4.69, 9.17) is 4.74 Å². The van der Waals surface area contributed by atoms with E-state index in [0.717, 1.165) is 24.0 Å². The molecule has 0 saturated carbocycles. The van der Waals surface area contributed by atoms with Crippen molar-refractivity contribution < 1.29 is 9.53 Å². The molecule has 1 aromatic carbocycles. The number of carbonyl (C=O) groups is 1. The lowest BCUT2D eigenvalue weighted by atomic mass is 10.0. The van der Waals surface area contributed by atoms with Crippen molar-refractivity contribution in [2.24, 2.45) is 5.92 Å². The maximum atomic E-state index is 11.9. The summed E-state index contributed by atoms with van der Waals surface area (Å²) in [6.07, 6.45) is 5.60. The van der Waals surface area contributed by atoms with Crippen molar-refractivity contribution in [2.75, 3.05) is 13.2 Å². The van der Waals surface area contributed by atoms with Gasteiger partial charge >= 0.3 is 0 Å². The van der Waals surface area contributed by atoms with Crippen molar-refractivity contribution in [1.29, 1.82) is 0 Å². The van der Waals surface area contributed by atoms with Crippen LogP contribution in [0.15, 0.2) is 35.9 Å². The molecule has 1 atom stereocenters. The number of hydrogen-bond acceptors (Lipinski definition) is 2. The quantitative estimate of drug-likeness (QED) is 0.364. The van der Waals surface area contributed by atoms with Crippen molar-refractivity contribution in [1.82, 2.24) is 0 Å². The molecule has 116 valence electrons. The van der Waals surface area contributed by atoms with E-state index in [2.05, 4.69) is 26.8 Å². The van der Waals surface area contributed by atoms with Crippen LogP contribution in [0.1, 0.15) is 56.0 Å². The molecule has 1 aromatic rings. The Morgan fingerprint density at radius 3 is 2.48 bits per heavy atom. The molecule has 21 heavy (non-hydrogen) atoms. The molecule has 0 radical (unpaired) electrons. The first-order valence-electron chi connectivity index (χ1n) is 7.80. The number of ketones is 1. The summed E-state index contributed by atoms with van der Waals surface area (Å²) in [6.45, 7) is 9.36. The minimum atomic E-state index is 0.0622. The van der Waals surface area contributed by atoms with Crippen LogP contribution in [0.25, 0.3) is 0 Å². The highest BCUT2D eigenvalue weighted by atomic mass is 16.5. The predicted octanol–water partition coefficient (Wildman–Crippen LogP) is 4.97. The molecule has 0 unspecified atom stereocenters. The predicted molar refractivity (Wildman–Crippen MR) is 88.8 cm³/mol. The summed E-state index contributed by atoms with van der Waals surface area (Å²) in [7, 11) is 0. The second-order valence-corrected chi connectivity index (χ2v) is 6.09. The van der Waals surface area contributed by atoms with Crippen LogP contribution < -0.4 is 0 Å². The van der Waals surface area contributed by atoms with Gasteiger partial charge in [-0.1, -0.05) is 48.4 Å². The van der Waals surface area contributed by atoms with Gasteiger partial charge in [-0.15, -0.1) is 0 Å². The first-order valence-corrected chi connectivity index (χ1v) is 7.80. The Morgan fingerprint density at radius 1 is 1.19 bits per heavy atom. The molecule has 0 aromatic heterocycles. The molecule has 0 N–H and O–H groups in total. The maximum absolute atomic E-state index is 11.9. The van der Waals surface area contributed by atoms with Gasteiger partial charge in [-0.3, -0.25) is 4.79 Å². The highest BCUT2D eigenvalue weighted by molar-refractivity contribution is 5.97. The zero-order chi connectivity index (χ0) is 15.7. The fourth-order valence-electron chi connectivity index (χ4n) is 2.07. The number of rotatable bonds is 9. The Kier molecular flexibility index (Phi) is 7.99. The summed E-state index contributed by atoms with van der Waals surface area (Å²) in [5.41, 5.74) is 3.28. The minimum absolute atomic E-state index is 0.0622. The lowest BCUT2D eigenvalue weighted by Gasteiger charge is -2.10. The SMILES string of the molecule is CC(C)=CCC[C@H](C)CCOCC(=O)c1ccc(C)cc1. The first-order chi connectivity index (χ1) is 9.99. The summed E-state index contributed by atoms with van der Waals surface area (Å²) in [6, 6.07) is 7.64. The van der Waals surface area contributed by atoms with E-state index in [1.807, 2.05) is 31.2 Å². The van der Waals surface area contributed by atoms with Crippen LogP contribution in [0, 0.1) is 12.8 Å². The number of allylic oxidation sites excluding steroid dienone is 2. The summed E-state index contributed by atoms with van der Waals surface area (Å²) in [4.78, 5) is 11.9. The van der Waals surface area contributed by atoms with Crippen molar-refractivity contribution >= 4 is 5.78 Å². The largest absolute Gasteiger partial charge is 0.373 e. The van der Waals surface area contributed by atoms with Crippen LogP contribution >= 0.6 is 0 Å². The lowest BCUT2D eigenvalue weighted by Crippen LogP contribution is -2.11. The Balaban J connectivity index is 2.17. The van der Waals surface area contributed by atoms with Gasteiger partial charge in [-0.05, 0) is 46.0 Å².